The van der Waals surface area contributed by atoms with Crippen LogP contribution in [0.5, 0.6) is 0 Å². The fraction of sp³-hybridized carbons (Fsp3) is 0.0909. The third-order valence-electron chi connectivity index (χ3n) is 1.63. The second-order valence-corrected chi connectivity index (χ2v) is 2.72. The maximum Gasteiger partial charge on any atom is 0.204 e. The van der Waals surface area contributed by atoms with Crippen molar-refractivity contribution >= 4 is 0 Å². The minimum atomic E-state index is 0.513. The summed E-state index contributed by atoms with van der Waals surface area (Å²) in [5.74, 6) is 6.99. The van der Waals surface area contributed by atoms with Gasteiger partial charge in [-0.1, -0.05) is 5.92 Å². The van der Waals surface area contributed by atoms with E-state index in [9.17, 15) is 0 Å². The zero-order valence-corrected chi connectivity index (χ0v) is 7.96. The van der Waals surface area contributed by atoms with Gasteiger partial charge in [-0.15, -0.1) is 0 Å². The van der Waals surface area contributed by atoms with Gasteiger partial charge in [0.1, 0.15) is 5.82 Å². The standard InChI is InChI=1S/C11H8N4/c1(4-10-12-6-2-7-13-10)5-11-14-8-3-9-15-11/h2-3,6-9H,4H2. The smallest absolute Gasteiger partial charge is 0.204 e. The molecule has 0 radical (unpaired) electrons. The van der Waals surface area contributed by atoms with Crippen LogP contribution in [-0.2, 0) is 6.42 Å². The van der Waals surface area contributed by atoms with Crippen molar-refractivity contribution in [2.45, 2.75) is 6.42 Å². The van der Waals surface area contributed by atoms with Crippen LogP contribution < -0.4 is 0 Å². The van der Waals surface area contributed by atoms with Crippen LogP contribution in [0.15, 0.2) is 36.9 Å². The third-order valence-corrected chi connectivity index (χ3v) is 1.63. The first-order valence-electron chi connectivity index (χ1n) is 4.47. The summed E-state index contributed by atoms with van der Waals surface area (Å²) in [4.78, 5) is 16.1. The van der Waals surface area contributed by atoms with Gasteiger partial charge in [0.2, 0.25) is 5.82 Å². The summed E-state index contributed by atoms with van der Waals surface area (Å²) in [5.41, 5.74) is 0. The van der Waals surface area contributed by atoms with E-state index < -0.39 is 0 Å². The lowest BCUT2D eigenvalue weighted by atomic mass is 10.4. The average Bonchev–Trinajstić information content (AvgIpc) is 2.32. The first kappa shape index (κ1) is 9.28. The van der Waals surface area contributed by atoms with Crippen LogP contribution in [-0.4, -0.2) is 19.9 Å². The minimum absolute atomic E-state index is 0.513. The molecular formula is C11H8N4. The molecule has 0 N–H and O–H groups in total. The molecular weight excluding hydrogens is 188 g/mol. The van der Waals surface area contributed by atoms with Crippen molar-refractivity contribution < 1.29 is 0 Å². The highest BCUT2D eigenvalue weighted by Crippen LogP contribution is 1.88. The third kappa shape index (κ3) is 2.85. The quantitative estimate of drug-likeness (QED) is 0.635. The Labute approximate surface area is 87.5 Å². The summed E-state index contributed by atoms with van der Waals surface area (Å²) >= 11 is 0. The molecule has 0 aliphatic heterocycles. The highest BCUT2D eigenvalue weighted by Gasteiger charge is 1.89. The van der Waals surface area contributed by atoms with E-state index in [4.69, 9.17) is 0 Å². The maximum atomic E-state index is 4.06. The molecule has 0 aromatic carbocycles. The summed E-state index contributed by atoms with van der Waals surface area (Å²) < 4.78 is 0. The Balaban J connectivity index is 2.03. The van der Waals surface area contributed by atoms with Gasteiger partial charge < -0.3 is 0 Å². The van der Waals surface area contributed by atoms with Gasteiger partial charge in [-0.05, 0) is 18.1 Å². The van der Waals surface area contributed by atoms with Crippen LogP contribution in [0.3, 0.4) is 0 Å². The Morgan fingerprint density at radius 2 is 1.47 bits per heavy atom. The molecule has 0 atom stereocenters. The van der Waals surface area contributed by atoms with Crippen LogP contribution in [0.2, 0.25) is 0 Å². The zero-order valence-electron chi connectivity index (χ0n) is 7.96. The summed E-state index contributed by atoms with van der Waals surface area (Å²) in [6.45, 7) is 0. The minimum Gasteiger partial charge on any atom is -0.240 e. The van der Waals surface area contributed by atoms with Gasteiger partial charge in [-0.3, -0.25) is 0 Å². The highest BCUT2D eigenvalue weighted by molar-refractivity contribution is 5.21. The molecule has 4 heteroatoms. The normalized spacial score (nSPS) is 9.07. The van der Waals surface area contributed by atoms with Crippen molar-refractivity contribution in [3.8, 4) is 11.8 Å². The predicted molar refractivity (Wildman–Crippen MR) is 54.6 cm³/mol. The topological polar surface area (TPSA) is 51.6 Å². The Morgan fingerprint density at radius 1 is 0.867 bits per heavy atom. The van der Waals surface area contributed by atoms with E-state index in [1.54, 1.807) is 36.9 Å². The van der Waals surface area contributed by atoms with E-state index in [-0.39, 0.29) is 0 Å². The number of hydrogen-bond donors (Lipinski definition) is 0. The maximum absolute atomic E-state index is 4.06. The monoisotopic (exact) mass is 196 g/mol. The number of aromatic nitrogens is 4. The van der Waals surface area contributed by atoms with E-state index in [1.807, 2.05) is 0 Å². The molecule has 4 nitrogen and oxygen atoms in total. The molecule has 0 aliphatic rings. The van der Waals surface area contributed by atoms with Gasteiger partial charge in [-0.2, -0.15) is 0 Å². The molecule has 0 saturated carbocycles. The molecule has 2 heterocycles. The van der Waals surface area contributed by atoms with Gasteiger partial charge in [0.15, 0.2) is 0 Å². The Morgan fingerprint density at radius 3 is 2.13 bits per heavy atom. The molecule has 2 rings (SSSR count). The fourth-order valence-electron chi connectivity index (χ4n) is 0.987. The van der Waals surface area contributed by atoms with E-state index in [0.717, 1.165) is 0 Å². The van der Waals surface area contributed by atoms with Crippen LogP contribution in [0.4, 0.5) is 0 Å². The van der Waals surface area contributed by atoms with E-state index >= 15 is 0 Å². The highest BCUT2D eigenvalue weighted by atomic mass is 14.9. The van der Waals surface area contributed by atoms with Crippen LogP contribution in [0, 0.1) is 11.8 Å². The van der Waals surface area contributed by atoms with Crippen molar-refractivity contribution in [2.75, 3.05) is 0 Å². The molecule has 2 aromatic heterocycles. The molecule has 72 valence electrons. The van der Waals surface area contributed by atoms with E-state index in [0.29, 0.717) is 18.1 Å². The van der Waals surface area contributed by atoms with Gasteiger partial charge in [0.25, 0.3) is 0 Å². The number of hydrogen-bond acceptors (Lipinski definition) is 4. The van der Waals surface area contributed by atoms with Crippen LogP contribution in [0.25, 0.3) is 0 Å². The predicted octanol–water partition coefficient (Wildman–Crippen LogP) is 0.861. The molecule has 0 bridgehead atoms. The van der Waals surface area contributed by atoms with Crippen molar-refractivity contribution in [2.24, 2.45) is 0 Å². The fourth-order valence-corrected chi connectivity index (χ4v) is 0.987. The van der Waals surface area contributed by atoms with Crippen molar-refractivity contribution in [1.82, 2.24) is 19.9 Å². The van der Waals surface area contributed by atoms with E-state index in [2.05, 4.69) is 31.8 Å². The average molecular weight is 196 g/mol. The summed E-state index contributed by atoms with van der Waals surface area (Å²) in [6, 6.07) is 3.53. The lowest BCUT2D eigenvalue weighted by molar-refractivity contribution is 1.00. The van der Waals surface area contributed by atoms with Gasteiger partial charge in [0, 0.05) is 24.8 Å². The summed E-state index contributed by atoms with van der Waals surface area (Å²) in [7, 11) is 0. The molecule has 2 aromatic rings. The Bertz CT molecular complexity index is 470. The first-order valence-corrected chi connectivity index (χ1v) is 4.47. The number of rotatable bonds is 1. The molecule has 0 unspecified atom stereocenters. The largest absolute Gasteiger partial charge is 0.240 e. The van der Waals surface area contributed by atoms with Crippen molar-refractivity contribution in [3.63, 3.8) is 0 Å². The second kappa shape index (κ2) is 4.82. The molecule has 0 fully saturated rings. The van der Waals surface area contributed by atoms with Crippen molar-refractivity contribution in [1.29, 1.82) is 0 Å². The molecule has 0 aliphatic carbocycles. The van der Waals surface area contributed by atoms with Crippen LogP contribution in [0.1, 0.15) is 11.6 Å². The van der Waals surface area contributed by atoms with Gasteiger partial charge >= 0.3 is 0 Å². The van der Waals surface area contributed by atoms with Crippen molar-refractivity contribution in [3.05, 3.63) is 48.6 Å². The van der Waals surface area contributed by atoms with Gasteiger partial charge in [-0.25, -0.2) is 19.9 Å². The summed E-state index contributed by atoms with van der Waals surface area (Å²) in [5, 5.41) is 0. The van der Waals surface area contributed by atoms with Crippen LogP contribution >= 0.6 is 0 Å². The molecule has 0 amide bonds. The zero-order chi connectivity index (χ0) is 10.3. The van der Waals surface area contributed by atoms with E-state index in [1.165, 1.54) is 0 Å². The molecule has 15 heavy (non-hydrogen) atoms. The lowest BCUT2D eigenvalue weighted by Gasteiger charge is -1.89. The summed E-state index contributed by atoms with van der Waals surface area (Å²) in [6.07, 6.45) is 7.23. The van der Waals surface area contributed by atoms with Gasteiger partial charge in [0.05, 0.1) is 6.42 Å². The Kier molecular flexibility index (Phi) is 2.98. The Hall–Kier alpha value is -2.28. The lowest BCUT2D eigenvalue weighted by Crippen LogP contribution is -1.91. The second-order valence-electron chi connectivity index (χ2n) is 2.72. The SMILES string of the molecule is C(#Cc1ncccn1)Cc1ncccn1. The molecule has 0 spiro atoms. The first-order chi connectivity index (χ1) is 7.45. The molecule has 0 saturated heterocycles. The number of nitrogens with zero attached hydrogens (tertiary/aromatic N) is 4.